The van der Waals surface area contributed by atoms with Crippen molar-refractivity contribution in [3.63, 3.8) is 0 Å². The number of esters is 1. The summed E-state index contributed by atoms with van der Waals surface area (Å²) in [5.74, 6) is -0.904. The van der Waals surface area contributed by atoms with Crippen molar-refractivity contribution in [1.29, 1.82) is 0 Å². The van der Waals surface area contributed by atoms with Crippen molar-refractivity contribution in [3.8, 4) is 0 Å². The number of hydrogen-bond donors (Lipinski definition) is 0. The number of nitrogens with zero attached hydrogens (tertiary/aromatic N) is 2. The van der Waals surface area contributed by atoms with E-state index in [1.807, 2.05) is 31.2 Å². The van der Waals surface area contributed by atoms with Gasteiger partial charge in [0.2, 0.25) is 5.91 Å². The van der Waals surface area contributed by atoms with Crippen molar-refractivity contribution in [2.24, 2.45) is 5.92 Å². The molecular weight excluding hydrogens is 452 g/mol. The summed E-state index contributed by atoms with van der Waals surface area (Å²) in [5.41, 5.74) is 2.93. The van der Waals surface area contributed by atoms with Gasteiger partial charge in [0.05, 0.1) is 24.6 Å². The first kappa shape index (κ1) is 24.2. The quantitative estimate of drug-likeness (QED) is 0.231. The van der Waals surface area contributed by atoms with Crippen LogP contribution in [0.5, 0.6) is 0 Å². The summed E-state index contributed by atoms with van der Waals surface area (Å²) in [4.78, 5) is 41.1. The molecule has 0 N–H and O–H groups in total. The fraction of sp³-hybridized carbons (Fsp3) is 0.480. The summed E-state index contributed by atoms with van der Waals surface area (Å²) in [6.07, 6.45) is 1.55. The molecule has 34 heavy (non-hydrogen) atoms. The third kappa shape index (κ3) is 4.67. The Morgan fingerprint density at radius 1 is 1.26 bits per heavy atom. The van der Waals surface area contributed by atoms with Gasteiger partial charge in [-0.15, -0.1) is 0 Å². The lowest BCUT2D eigenvalue weighted by Gasteiger charge is -2.47. The van der Waals surface area contributed by atoms with Gasteiger partial charge >= 0.3 is 12.1 Å². The number of carbonyl (C=O) groups excluding carboxylic acids is 3. The molecule has 0 radical (unpaired) electrons. The summed E-state index contributed by atoms with van der Waals surface area (Å²) in [5, 5.41) is 0. The average Bonchev–Trinajstić information content (AvgIpc) is 3.32. The van der Waals surface area contributed by atoms with Crippen molar-refractivity contribution >= 4 is 31.9 Å². The molecule has 3 atom stereocenters. The lowest BCUT2D eigenvalue weighted by Crippen LogP contribution is -2.63. The first-order valence-corrected chi connectivity index (χ1v) is 15.0. The van der Waals surface area contributed by atoms with E-state index in [-0.39, 0.29) is 36.7 Å². The fourth-order valence-electron chi connectivity index (χ4n) is 4.94. The third-order valence-electron chi connectivity index (χ3n) is 6.30. The molecule has 0 aromatic heterocycles. The van der Waals surface area contributed by atoms with Crippen LogP contribution in [0.2, 0.25) is 19.6 Å². The van der Waals surface area contributed by atoms with Crippen LogP contribution in [0.25, 0.3) is 5.57 Å². The number of β-lactam (4-membered cyclic amide) rings is 1. The molecule has 2 saturated heterocycles. The zero-order valence-electron chi connectivity index (χ0n) is 20.2. The SMILES string of the molecule is C=CCOC(=O)C1=C(c2ccc(CN3CCOC3=O)cc2)C[C@@H]2[C@@H]([C@@H](C)O[Si](C)(C)C)C(=O)N12. The van der Waals surface area contributed by atoms with E-state index in [1.165, 1.54) is 6.08 Å². The number of hydrogen-bond acceptors (Lipinski definition) is 6. The van der Waals surface area contributed by atoms with E-state index in [9.17, 15) is 14.4 Å². The highest BCUT2D eigenvalue weighted by Gasteiger charge is 2.57. The Balaban J connectivity index is 1.58. The highest BCUT2D eigenvalue weighted by molar-refractivity contribution is 6.69. The van der Waals surface area contributed by atoms with E-state index in [0.29, 0.717) is 31.8 Å². The molecule has 182 valence electrons. The van der Waals surface area contributed by atoms with E-state index in [1.54, 1.807) is 9.80 Å². The Bertz CT molecular complexity index is 1030. The second kappa shape index (κ2) is 9.38. The smallest absolute Gasteiger partial charge is 0.410 e. The standard InChI is InChI=1S/C25H32N2O6Si/c1-6-12-31-24(29)22-19(14-20-21(23(28)27(20)22)16(2)33-34(3,4)5)18-9-7-17(8-10-18)15-26-11-13-32-25(26)30/h6-10,16,20-21H,1,11-15H2,2-5H3/t16-,20-,21-/m1/s1. The van der Waals surface area contributed by atoms with Crippen molar-refractivity contribution in [2.75, 3.05) is 19.8 Å². The monoisotopic (exact) mass is 484 g/mol. The van der Waals surface area contributed by atoms with Crippen LogP contribution >= 0.6 is 0 Å². The van der Waals surface area contributed by atoms with Gasteiger partial charge in [-0.3, -0.25) is 4.79 Å². The highest BCUT2D eigenvalue weighted by atomic mass is 28.4. The van der Waals surface area contributed by atoms with Crippen LogP contribution in [0, 0.1) is 5.92 Å². The molecule has 3 heterocycles. The van der Waals surface area contributed by atoms with E-state index < -0.39 is 14.3 Å². The molecule has 2 fully saturated rings. The molecule has 0 saturated carbocycles. The van der Waals surface area contributed by atoms with Crippen LogP contribution in [-0.2, 0) is 30.0 Å². The Hall–Kier alpha value is -2.91. The molecule has 9 heteroatoms. The largest absolute Gasteiger partial charge is 0.457 e. The maximum absolute atomic E-state index is 13.2. The van der Waals surface area contributed by atoms with Gasteiger partial charge < -0.3 is 23.7 Å². The Morgan fingerprint density at radius 3 is 2.56 bits per heavy atom. The van der Waals surface area contributed by atoms with Gasteiger partial charge in [0.1, 0.15) is 18.9 Å². The average molecular weight is 485 g/mol. The predicted octanol–water partition coefficient (Wildman–Crippen LogP) is 3.55. The molecule has 3 aliphatic rings. The highest BCUT2D eigenvalue weighted by Crippen LogP contribution is 2.48. The van der Waals surface area contributed by atoms with Gasteiger partial charge in [-0.05, 0) is 49.7 Å². The Kier molecular flexibility index (Phi) is 6.68. The molecule has 2 amide bonds. The summed E-state index contributed by atoms with van der Waals surface area (Å²) >= 11 is 0. The molecule has 0 spiro atoms. The predicted molar refractivity (Wildman–Crippen MR) is 129 cm³/mol. The number of fused-ring (bicyclic) bond motifs is 1. The van der Waals surface area contributed by atoms with Crippen molar-refractivity contribution in [3.05, 3.63) is 53.7 Å². The van der Waals surface area contributed by atoms with E-state index in [0.717, 1.165) is 16.7 Å². The maximum Gasteiger partial charge on any atom is 0.410 e. The lowest BCUT2D eigenvalue weighted by molar-refractivity contribution is -0.161. The Morgan fingerprint density at radius 2 is 1.97 bits per heavy atom. The first-order chi connectivity index (χ1) is 16.1. The van der Waals surface area contributed by atoms with E-state index in [2.05, 4.69) is 26.2 Å². The number of benzene rings is 1. The second-order valence-corrected chi connectivity index (χ2v) is 14.3. The summed E-state index contributed by atoms with van der Waals surface area (Å²) in [7, 11) is -1.83. The second-order valence-electron chi connectivity index (χ2n) is 9.89. The molecule has 8 nitrogen and oxygen atoms in total. The number of cyclic esters (lactones) is 1. The third-order valence-corrected chi connectivity index (χ3v) is 7.38. The number of carbonyl (C=O) groups is 3. The van der Waals surface area contributed by atoms with Crippen molar-refractivity contribution < 1.29 is 28.3 Å². The lowest BCUT2D eigenvalue weighted by atomic mass is 9.82. The molecule has 1 aromatic carbocycles. The van der Waals surface area contributed by atoms with Crippen LogP contribution in [0.15, 0.2) is 42.6 Å². The molecule has 0 unspecified atom stereocenters. The molecule has 0 bridgehead atoms. The van der Waals surface area contributed by atoms with Crippen molar-refractivity contribution in [2.45, 2.75) is 51.7 Å². The van der Waals surface area contributed by atoms with Gasteiger partial charge in [0.15, 0.2) is 8.32 Å². The van der Waals surface area contributed by atoms with Crippen LogP contribution < -0.4 is 0 Å². The van der Waals surface area contributed by atoms with Gasteiger partial charge in [-0.1, -0.05) is 36.9 Å². The first-order valence-electron chi connectivity index (χ1n) is 11.6. The topological polar surface area (TPSA) is 85.4 Å². The zero-order chi connectivity index (χ0) is 24.6. The minimum atomic E-state index is -1.83. The summed E-state index contributed by atoms with van der Waals surface area (Å²) in [6, 6.07) is 7.61. The number of rotatable bonds is 9. The normalized spacial score (nSPS) is 22.9. The van der Waals surface area contributed by atoms with E-state index in [4.69, 9.17) is 13.9 Å². The summed E-state index contributed by atoms with van der Waals surface area (Å²) in [6.45, 7) is 13.4. The van der Waals surface area contributed by atoms with Crippen LogP contribution in [0.4, 0.5) is 4.79 Å². The number of amides is 2. The van der Waals surface area contributed by atoms with Crippen LogP contribution in [0.3, 0.4) is 0 Å². The zero-order valence-corrected chi connectivity index (χ0v) is 21.2. The molecule has 0 aliphatic carbocycles. The minimum Gasteiger partial charge on any atom is -0.457 e. The van der Waals surface area contributed by atoms with Gasteiger partial charge in [-0.25, -0.2) is 9.59 Å². The molecular formula is C25H32N2O6Si. The minimum absolute atomic E-state index is 0.0751. The van der Waals surface area contributed by atoms with Gasteiger partial charge in [0, 0.05) is 6.54 Å². The van der Waals surface area contributed by atoms with Gasteiger partial charge in [-0.2, -0.15) is 0 Å². The maximum atomic E-state index is 13.2. The molecule has 4 rings (SSSR count). The molecule has 1 aromatic rings. The van der Waals surface area contributed by atoms with Crippen LogP contribution in [0.1, 0.15) is 24.5 Å². The molecule has 3 aliphatic heterocycles. The summed E-state index contributed by atoms with van der Waals surface area (Å²) < 4.78 is 16.5. The van der Waals surface area contributed by atoms with E-state index >= 15 is 0 Å². The van der Waals surface area contributed by atoms with Gasteiger partial charge in [0.25, 0.3) is 0 Å². The fourth-order valence-corrected chi connectivity index (χ4v) is 6.20. The number of ether oxygens (including phenoxy) is 2. The van der Waals surface area contributed by atoms with Crippen molar-refractivity contribution in [1.82, 2.24) is 9.80 Å². The Labute approximate surface area is 201 Å². The van der Waals surface area contributed by atoms with Crippen LogP contribution in [-0.4, -0.2) is 68.0 Å².